The summed E-state index contributed by atoms with van der Waals surface area (Å²) in [4.78, 5) is 20.6. The molecular weight excluding hydrogens is 266 g/mol. The molecule has 0 amide bonds. The topological polar surface area (TPSA) is 102 Å². The lowest BCUT2D eigenvalue weighted by Gasteiger charge is -2.14. The average Bonchev–Trinajstić information content (AvgIpc) is 2.86. The van der Waals surface area contributed by atoms with Crippen LogP contribution in [0.25, 0.3) is 10.2 Å². The van der Waals surface area contributed by atoms with Gasteiger partial charge in [0.2, 0.25) is 5.95 Å². The van der Waals surface area contributed by atoms with Gasteiger partial charge in [-0.05, 0) is 18.4 Å². The second kappa shape index (κ2) is 5.81. The normalized spacial score (nSPS) is 12.2. The first-order valence-corrected chi connectivity index (χ1v) is 6.57. The Balaban J connectivity index is 2.23. The van der Waals surface area contributed by atoms with Gasteiger partial charge in [-0.1, -0.05) is 0 Å². The van der Waals surface area contributed by atoms with Crippen molar-refractivity contribution in [2.24, 2.45) is 5.84 Å². The Bertz CT molecular complexity index is 585. The van der Waals surface area contributed by atoms with Gasteiger partial charge in [-0.25, -0.2) is 10.8 Å². The Labute approximate surface area is 114 Å². The van der Waals surface area contributed by atoms with Crippen molar-refractivity contribution in [3.63, 3.8) is 0 Å². The third kappa shape index (κ3) is 3.09. The lowest BCUT2D eigenvalue weighted by Crippen LogP contribution is -2.21. The molecule has 0 fully saturated rings. The summed E-state index contributed by atoms with van der Waals surface area (Å²) in [6, 6.07) is 1.82. The molecule has 2 heterocycles. The predicted octanol–water partition coefficient (Wildman–Crippen LogP) is 1.34. The van der Waals surface area contributed by atoms with Crippen LogP contribution in [-0.4, -0.2) is 29.1 Å². The van der Waals surface area contributed by atoms with Gasteiger partial charge in [0.1, 0.15) is 10.6 Å². The van der Waals surface area contributed by atoms with Crippen molar-refractivity contribution < 1.29 is 9.53 Å². The van der Waals surface area contributed by atoms with Gasteiger partial charge < -0.3 is 10.1 Å². The second-order valence-electron chi connectivity index (χ2n) is 4.01. The predicted molar refractivity (Wildman–Crippen MR) is 74.9 cm³/mol. The van der Waals surface area contributed by atoms with Gasteiger partial charge in [-0.3, -0.25) is 10.2 Å². The molecule has 0 spiro atoms. The molecule has 2 aromatic heterocycles. The van der Waals surface area contributed by atoms with Crippen LogP contribution in [0.5, 0.6) is 0 Å². The fraction of sp³-hybridized carbons (Fsp3) is 0.364. The molecule has 0 saturated heterocycles. The van der Waals surface area contributed by atoms with Crippen LogP contribution in [0, 0.1) is 0 Å². The lowest BCUT2D eigenvalue weighted by atomic mass is 10.2. The number of rotatable bonds is 5. The van der Waals surface area contributed by atoms with Crippen LogP contribution < -0.4 is 16.6 Å². The molecule has 0 saturated carbocycles. The molecule has 1 unspecified atom stereocenters. The van der Waals surface area contributed by atoms with E-state index in [-0.39, 0.29) is 18.4 Å². The SMILES string of the molecule is COC(=O)CC(C)Nc1nc(NN)nc2sccc12. The highest BCUT2D eigenvalue weighted by Gasteiger charge is 2.13. The van der Waals surface area contributed by atoms with E-state index < -0.39 is 0 Å². The first kappa shape index (κ1) is 13.5. The number of aromatic nitrogens is 2. The zero-order chi connectivity index (χ0) is 13.8. The number of nitrogen functional groups attached to an aromatic ring is 1. The van der Waals surface area contributed by atoms with Crippen LogP contribution in [-0.2, 0) is 9.53 Å². The largest absolute Gasteiger partial charge is 0.469 e. The third-order valence-electron chi connectivity index (χ3n) is 2.54. The van der Waals surface area contributed by atoms with Crippen molar-refractivity contribution in [1.82, 2.24) is 9.97 Å². The highest BCUT2D eigenvalue weighted by Crippen LogP contribution is 2.26. The van der Waals surface area contributed by atoms with Gasteiger partial charge in [-0.2, -0.15) is 4.98 Å². The fourth-order valence-corrected chi connectivity index (χ4v) is 2.41. The maximum atomic E-state index is 11.2. The van der Waals surface area contributed by atoms with E-state index in [1.165, 1.54) is 18.4 Å². The monoisotopic (exact) mass is 281 g/mol. The van der Waals surface area contributed by atoms with Crippen molar-refractivity contribution in [3.8, 4) is 0 Å². The second-order valence-corrected chi connectivity index (χ2v) is 4.90. The van der Waals surface area contributed by atoms with Crippen molar-refractivity contribution in [2.45, 2.75) is 19.4 Å². The van der Waals surface area contributed by atoms with Crippen LogP contribution in [0.3, 0.4) is 0 Å². The van der Waals surface area contributed by atoms with E-state index in [0.29, 0.717) is 11.8 Å². The smallest absolute Gasteiger partial charge is 0.307 e. The number of nitrogens with one attached hydrogen (secondary N) is 2. The summed E-state index contributed by atoms with van der Waals surface area (Å²) in [7, 11) is 1.37. The van der Waals surface area contributed by atoms with E-state index in [4.69, 9.17) is 5.84 Å². The van der Waals surface area contributed by atoms with Crippen molar-refractivity contribution in [3.05, 3.63) is 11.4 Å². The van der Waals surface area contributed by atoms with Gasteiger partial charge in [0.15, 0.2) is 0 Å². The van der Waals surface area contributed by atoms with Crippen molar-refractivity contribution >= 4 is 39.3 Å². The Kier molecular flexibility index (Phi) is 4.13. The van der Waals surface area contributed by atoms with Gasteiger partial charge in [0.25, 0.3) is 0 Å². The molecule has 102 valence electrons. The van der Waals surface area contributed by atoms with Gasteiger partial charge in [0, 0.05) is 6.04 Å². The van der Waals surface area contributed by atoms with Crippen LogP contribution in [0.15, 0.2) is 11.4 Å². The molecule has 0 aliphatic carbocycles. The summed E-state index contributed by atoms with van der Waals surface area (Å²) in [6.45, 7) is 1.88. The molecule has 2 rings (SSSR count). The molecular formula is C11H15N5O2S. The van der Waals surface area contributed by atoms with Gasteiger partial charge in [-0.15, -0.1) is 11.3 Å². The zero-order valence-electron chi connectivity index (χ0n) is 10.6. The van der Waals surface area contributed by atoms with E-state index in [0.717, 1.165) is 10.2 Å². The average molecular weight is 281 g/mol. The Morgan fingerprint density at radius 1 is 1.58 bits per heavy atom. The summed E-state index contributed by atoms with van der Waals surface area (Å²) in [6.07, 6.45) is 0.261. The molecule has 1 atom stereocenters. The quantitative estimate of drug-likeness (QED) is 0.432. The molecule has 0 aliphatic heterocycles. The van der Waals surface area contributed by atoms with E-state index in [1.54, 1.807) is 0 Å². The zero-order valence-corrected chi connectivity index (χ0v) is 11.5. The number of carbonyl (C=O) groups is 1. The van der Waals surface area contributed by atoms with Crippen LogP contribution >= 0.6 is 11.3 Å². The van der Waals surface area contributed by atoms with E-state index in [2.05, 4.69) is 25.4 Å². The van der Waals surface area contributed by atoms with Gasteiger partial charge >= 0.3 is 5.97 Å². The summed E-state index contributed by atoms with van der Waals surface area (Å²) in [5.41, 5.74) is 2.43. The molecule has 7 nitrogen and oxygen atoms in total. The Hall–Kier alpha value is -1.93. The number of nitrogens with zero attached hydrogens (tertiary/aromatic N) is 2. The summed E-state index contributed by atoms with van der Waals surface area (Å²) in [5, 5.41) is 6.00. The summed E-state index contributed by atoms with van der Waals surface area (Å²) >= 11 is 1.50. The minimum Gasteiger partial charge on any atom is -0.469 e. The molecule has 0 radical (unpaired) electrons. The first-order chi connectivity index (χ1) is 9.13. The number of hydrogen-bond acceptors (Lipinski definition) is 8. The minimum atomic E-state index is -0.271. The minimum absolute atomic E-state index is 0.101. The Morgan fingerprint density at radius 2 is 2.37 bits per heavy atom. The van der Waals surface area contributed by atoms with Crippen LogP contribution in [0.1, 0.15) is 13.3 Å². The van der Waals surface area contributed by atoms with E-state index >= 15 is 0 Å². The van der Waals surface area contributed by atoms with E-state index in [1.807, 2.05) is 18.4 Å². The van der Waals surface area contributed by atoms with Crippen molar-refractivity contribution in [2.75, 3.05) is 17.9 Å². The number of hydrazine groups is 1. The Morgan fingerprint density at radius 3 is 3.05 bits per heavy atom. The van der Waals surface area contributed by atoms with E-state index in [9.17, 15) is 4.79 Å². The number of thiophene rings is 1. The number of ether oxygens (including phenoxy) is 1. The summed E-state index contributed by atoms with van der Waals surface area (Å²) in [5.74, 6) is 6.05. The molecule has 4 N–H and O–H groups in total. The number of carbonyl (C=O) groups excluding carboxylic acids is 1. The highest BCUT2D eigenvalue weighted by atomic mass is 32.1. The molecule has 8 heteroatoms. The maximum Gasteiger partial charge on any atom is 0.307 e. The third-order valence-corrected chi connectivity index (χ3v) is 3.34. The summed E-state index contributed by atoms with van der Waals surface area (Å²) < 4.78 is 4.63. The standard InChI is InChI=1S/C11H15N5O2S/c1-6(5-8(17)18-2)13-9-7-3-4-19-10(7)15-11(14-9)16-12/h3-4,6H,5,12H2,1-2H3,(H2,13,14,15,16). The number of anilines is 2. The van der Waals surface area contributed by atoms with Crippen LogP contribution in [0.2, 0.25) is 0 Å². The molecule has 19 heavy (non-hydrogen) atoms. The number of nitrogens with two attached hydrogens (primary N) is 1. The first-order valence-electron chi connectivity index (χ1n) is 5.69. The van der Waals surface area contributed by atoms with Gasteiger partial charge in [0.05, 0.1) is 18.9 Å². The van der Waals surface area contributed by atoms with Crippen LogP contribution in [0.4, 0.5) is 11.8 Å². The molecule has 0 aliphatic rings. The fourth-order valence-electron chi connectivity index (χ4n) is 1.65. The molecule has 0 bridgehead atoms. The maximum absolute atomic E-state index is 11.2. The van der Waals surface area contributed by atoms with Crippen molar-refractivity contribution in [1.29, 1.82) is 0 Å². The number of methoxy groups -OCH3 is 1. The molecule has 2 aromatic rings. The highest BCUT2D eigenvalue weighted by molar-refractivity contribution is 7.16. The number of hydrogen-bond donors (Lipinski definition) is 3. The lowest BCUT2D eigenvalue weighted by molar-refractivity contribution is -0.140. The number of fused-ring (bicyclic) bond motifs is 1. The number of esters is 1. The molecule has 0 aromatic carbocycles.